The van der Waals surface area contributed by atoms with Gasteiger partial charge in [-0.2, -0.15) is 0 Å². The lowest BCUT2D eigenvalue weighted by Gasteiger charge is -2.27. The Hall–Kier alpha value is -1.00. The number of benzene rings is 1. The first-order chi connectivity index (χ1) is 9.22. The summed E-state index contributed by atoms with van der Waals surface area (Å²) in [6.45, 7) is 1.78. The van der Waals surface area contributed by atoms with Crippen molar-refractivity contribution in [1.82, 2.24) is 4.90 Å². The Balaban J connectivity index is 2.20. The molecule has 1 unspecified atom stereocenters. The summed E-state index contributed by atoms with van der Waals surface area (Å²) in [7, 11) is 0. The maximum atomic E-state index is 11.6. The van der Waals surface area contributed by atoms with Crippen LogP contribution >= 0.6 is 11.8 Å². The van der Waals surface area contributed by atoms with E-state index in [2.05, 4.69) is 4.90 Å². The molecule has 1 atom stereocenters. The van der Waals surface area contributed by atoms with Crippen molar-refractivity contribution in [3.05, 3.63) is 29.8 Å². The first-order valence-electron chi connectivity index (χ1n) is 6.83. The number of hydrogen-bond donors (Lipinski definition) is 1. The lowest BCUT2D eigenvalue weighted by Crippen LogP contribution is -2.34. The molecule has 1 aromatic rings. The molecule has 0 aliphatic carbocycles. The van der Waals surface area contributed by atoms with Gasteiger partial charge < -0.3 is 5.11 Å². The van der Waals surface area contributed by atoms with Crippen LogP contribution in [-0.4, -0.2) is 35.3 Å². The number of carboxylic acids is 1. The van der Waals surface area contributed by atoms with Gasteiger partial charge in [0.2, 0.25) is 0 Å². The Morgan fingerprint density at radius 1 is 1.16 bits per heavy atom. The van der Waals surface area contributed by atoms with Crippen molar-refractivity contribution in [2.24, 2.45) is 0 Å². The predicted octanol–water partition coefficient (Wildman–Crippen LogP) is 3.41. The van der Waals surface area contributed by atoms with Gasteiger partial charge in [0.25, 0.3) is 0 Å². The second-order valence-corrected chi connectivity index (χ2v) is 5.84. The van der Waals surface area contributed by atoms with Crippen LogP contribution in [0.4, 0.5) is 0 Å². The molecule has 104 valence electrons. The van der Waals surface area contributed by atoms with Crippen LogP contribution in [0.15, 0.2) is 29.2 Å². The van der Waals surface area contributed by atoms with E-state index in [9.17, 15) is 9.90 Å². The summed E-state index contributed by atoms with van der Waals surface area (Å²) in [6, 6.07) is 7.43. The lowest BCUT2D eigenvalue weighted by molar-refractivity contribution is -0.143. The maximum absolute atomic E-state index is 11.6. The summed E-state index contributed by atoms with van der Waals surface area (Å²) in [5, 5.41) is 9.55. The molecule has 1 aliphatic heterocycles. The second kappa shape index (κ2) is 6.96. The fourth-order valence-corrected chi connectivity index (χ4v) is 3.06. The fraction of sp³-hybridized carbons (Fsp3) is 0.533. The molecule has 3 nitrogen and oxygen atoms in total. The molecule has 1 aliphatic rings. The molecular weight excluding hydrogens is 258 g/mol. The van der Waals surface area contributed by atoms with E-state index in [1.54, 1.807) is 11.8 Å². The van der Waals surface area contributed by atoms with Gasteiger partial charge in [0.1, 0.15) is 6.04 Å². The van der Waals surface area contributed by atoms with Gasteiger partial charge in [-0.05, 0) is 49.9 Å². The summed E-state index contributed by atoms with van der Waals surface area (Å²) in [4.78, 5) is 14.9. The van der Waals surface area contributed by atoms with Gasteiger partial charge in [-0.25, -0.2) is 0 Å². The molecule has 1 aromatic carbocycles. The van der Waals surface area contributed by atoms with Crippen molar-refractivity contribution < 1.29 is 9.90 Å². The first kappa shape index (κ1) is 14.4. The van der Waals surface area contributed by atoms with Gasteiger partial charge >= 0.3 is 5.97 Å². The minimum Gasteiger partial charge on any atom is -0.480 e. The molecule has 0 saturated carbocycles. The molecule has 1 heterocycles. The van der Waals surface area contributed by atoms with Crippen LogP contribution in [0.25, 0.3) is 0 Å². The van der Waals surface area contributed by atoms with Crippen LogP contribution < -0.4 is 0 Å². The van der Waals surface area contributed by atoms with Crippen LogP contribution in [0.2, 0.25) is 0 Å². The van der Waals surface area contributed by atoms with Crippen molar-refractivity contribution in [2.75, 3.05) is 19.3 Å². The highest BCUT2D eigenvalue weighted by atomic mass is 32.2. The van der Waals surface area contributed by atoms with Crippen LogP contribution in [0.5, 0.6) is 0 Å². The van der Waals surface area contributed by atoms with E-state index in [0.29, 0.717) is 0 Å². The van der Waals surface area contributed by atoms with Gasteiger partial charge in [-0.1, -0.05) is 25.0 Å². The minimum atomic E-state index is -0.737. The third-order valence-corrected chi connectivity index (χ3v) is 4.41. The Bertz CT molecular complexity index is 411. The Labute approximate surface area is 119 Å². The summed E-state index contributed by atoms with van der Waals surface area (Å²) >= 11 is 1.68. The molecule has 2 rings (SSSR count). The SMILES string of the molecule is CSc1ccc(C(C(=O)O)N2CCCCCC2)cc1. The standard InChI is InChI=1S/C15H21NO2S/c1-19-13-8-6-12(7-9-13)14(15(17)18)16-10-4-2-3-5-11-16/h6-9,14H,2-5,10-11H2,1H3,(H,17,18). The van der Waals surface area contributed by atoms with E-state index in [1.165, 1.54) is 17.7 Å². The van der Waals surface area contributed by atoms with E-state index >= 15 is 0 Å². The van der Waals surface area contributed by atoms with Gasteiger partial charge in [0, 0.05) is 4.90 Å². The van der Waals surface area contributed by atoms with E-state index in [4.69, 9.17) is 0 Å². The number of thioether (sulfide) groups is 1. The molecule has 1 fully saturated rings. The summed E-state index contributed by atoms with van der Waals surface area (Å²) in [5.41, 5.74) is 0.896. The molecular formula is C15H21NO2S. The summed E-state index contributed by atoms with van der Waals surface area (Å²) < 4.78 is 0. The molecule has 0 spiro atoms. The molecule has 1 N–H and O–H groups in total. The summed E-state index contributed by atoms with van der Waals surface area (Å²) in [6.07, 6.45) is 6.67. The Kier molecular flexibility index (Phi) is 5.28. The molecule has 0 amide bonds. The number of rotatable bonds is 4. The van der Waals surface area contributed by atoms with Gasteiger partial charge in [-0.3, -0.25) is 9.69 Å². The molecule has 19 heavy (non-hydrogen) atoms. The molecule has 0 radical (unpaired) electrons. The van der Waals surface area contributed by atoms with Crippen molar-refractivity contribution in [3.8, 4) is 0 Å². The van der Waals surface area contributed by atoms with Crippen LogP contribution in [-0.2, 0) is 4.79 Å². The number of nitrogens with zero attached hydrogens (tertiary/aromatic N) is 1. The smallest absolute Gasteiger partial charge is 0.325 e. The monoisotopic (exact) mass is 279 g/mol. The average Bonchev–Trinajstić information content (AvgIpc) is 2.68. The van der Waals surface area contributed by atoms with Crippen LogP contribution in [0.3, 0.4) is 0 Å². The Morgan fingerprint density at radius 2 is 1.74 bits per heavy atom. The average molecular weight is 279 g/mol. The number of aliphatic carboxylic acids is 1. The largest absolute Gasteiger partial charge is 0.480 e. The van der Waals surface area contributed by atoms with Crippen molar-refractivity contribution in [1.29, 1.82) is 0 Å². The number of hydrogen-bond acceptors (Lipinski definition) is 3. The third kappa shape index (κ3) is 3.74. The third-order valence-electron chi connectivity index (χ3n) is 3.67. The zero-order valence-corrected chi connectivity index (χ0v) is 12.2. The van der Waals surface area contributed by atoms with Crippen molar-refractivity contribution in [2.45, 2.75) is 36.6 Å². The highest BCUT2D eigenvalue weighted by molar-refractivity contribution is 7.98. The van der Waals surface area contributed by atoms with E-state index in [-0.39, 0.29) is 0 Å². The van der Waals surface area contributed by atoms with Gasteiger partial charge in [0.05, 0.1) is 0 Å². The molecule has 4 heteroatoms. The lowest BCUT2D eigenvalue weighted by atomic mass is 10.1. The van der Waals surface area contributed by atoms with Crippen molar-refractivity contribution >= 4 is 17.7 Å². The zero-order chi connectivity index (χ0) is 13.7. The summed E-state index contributed by atoms with van der Waals surface area (Å²) in [5.74, 6) is -0.737. The first-order valence-corrected chi connectivity index (χ1v) is 8.05. The number of carboxylic acid groups (broad SMARTS) is 1. The zero-order valence-electron chi connectivity index (χ0n) is 11.3. The predicted molar refractivity (Wildman–Crippen MR) is 78.6 cm³/mol. The highest BCUT2D eigenvalue weighted by Gasteiger charge is 2.27. The molecule has 1 saturated heterocycles. The fourth-order valence-electron chi connectivity index (χ4n) is 2.65. The minimum absolute atomic E-state index is 0.492. The Morgan fingerprint density at radius 3 is 2.21 bits per heavy atom. The second-order valence-electron chi connectivity index (χ2n) is 4.96. The van der Waals surface area contributed by atoms with Crippen LogP contribution in [0.1, 0.15) is 37.3 Å². The normalized spacial score (nSPS) is 18.8. The highest BCUT2D eigenvalue weighted by Crippen LogP contribution is 2.26. The van der Waals surface area contributed by atoms with E-state index in [0.717, 1.165) is 31.5 Å². The number of likely N-dealkylation sites (tertiary alicyclic amines) is 1. The van der Waals surface area contributed by atoms with E-state index < -0.39 is 12.0 Å². The van der Waals surface area contributed by atoms with Gasteiger partial charge in [-0.15, -0.1) is 11.8 Å². The molecule has 0 bridgehead atoms. The number of carbonyl (C=O) groups is 1. The topological polar surface area (TPSA) is 40.5 Å². The maximum Gasteiger partial charge on any atom is 0.325 e. The quantitative estimate of drug-likeness (QED) is 0.857. The van der Waals surface area contributed by atoms with Crippen LogP contribution in [0, 0.1) is 0 Å². The molecule has 0 aromatic heterocycles. The van der Waals surface area contributed by atoms with Gasteiger partial charge in [0.15, 0.2) is 0 Å². The van der Waals surface area contributed by atoms with Crippen molar-refractivity contribution in [3.63, 3.8) is 0 Å². The van der Waals surface area contributed by atoms with E-state index in [1.807, 2.05) is 30.5 Å².